The number of ether oxygens (including phenoxy) is 2. The lowest BCUT2D eigenvalue weighted by Crippen LogP contribution is -2.60. The van der Waals surface area contributed by atoms with Crippen LogP contribution in [0.25, 0.3) is 11.1 Å². The van der Waals surface area contributed by atoms with Crippen molar-refractivity contribution in [3.05, 3.63) is 59.7 Å². The number of hydrogen-bond donors (Lipinski definition) is 1. The van der Waals surface area contributed by atoms with Crippen LogP contribution in [-0.2, 0) is 14.3 Å². The topological polar surface area (TPSA) is 76.1 Å². The monoisotopic (exact) mass is 393 g/mol. The van der Waals surface area contributed by atoms with Crippen molar-refractivity contribution in [3.8, 4) is 11.1 Å². The fourth-order valence-electron chi connectivity index (χ4n) is 5.08. The van der Waals surface area contributed by atoms with Crippen LogP contribution in [-0.4, -0.2) is 54.0 Å². The number of fused-ring (bicyclic) bond motifs is 5. The van der Waals surface area contributed by atoms with E-state index in [0.717, 1.165) is 0 Å². The first-order valence-electron chi connectivity index (χ1n) is 10.1. The van der Waals surface area contributed by atoms with E-state index < -0.39 is 11.9 Å². The number of amides is 1. The van der Waals surface area contributed by atoms with Gasteiger partial charge in [0.15, 0.2) is 0 Å². The van der Waals surface area contributed by atoms with E-state index in [-0.39, 0.29) is 30.7 Å². The summed E-state index contributed by atoms with van der Waals surface area (Å²) < 4.78 is 11.4. The largest absolute Gasteiger partial charge is 0.481 e. The summed E-state index contributed by atoms with van der Waals surface area (Å²) in [5.74, 6) is -1.21. The van der Waals surface area contributed by atoms with E-state index in [4.69, 9.17) is 9.47 Å². The molecule has 2 aromatic rings. The Balaban J connectivity index is 1.33. The van der Waals surface area contributed by atoms with Gasteiger partial charge in [0.2, 0.25) is 0 Å². The summed E-state index contributed by atoms with van der Waals surface area (Å²) in [6.45, 7) is 1.00. The summed E-state index contributed by atoms with van der Waals surface area (Å²) >= 11 is 0. The smallest absolute Gasteiger partial charge is 0.410 e. The summed E-state index contributed by atoms with van der Waals surface area (Å²) in [6, 6.07) is 16.0. The summed E-state index contributed by atoms with van der Waals surface area (Å²) in [5, 5.41) is 9.38. The minimum atomic E-state index is -0.797. The van der Waals surface area contributed by atoms with E-state index >= 15 is 0 Å². The second-order valence-corrected chi connectivity index (χ2v) is 8.06. The zero-order valence-electron chi connectivity index (χ0n) is 16.0. The van der Waals surface area contributed by atoms with E-state index in [2.05, 4.69) is 24.3 Å². The SMILES string of the molecule is O=C(O)C1CC2COCC(C1)N2C(=O)OCC1c2ccccc2-c2ccccc21. The van der Waals surface area contributed by atoms with E-state index in [0.29, 0.717) is 26.1 Å². The highest BCUT2D eigenvalue weighted by atomic mass is 16.6. The zero-order chi connectivity index (χ0) is 20.0. The number of hydrogen-bond acceptors (Lipinski definition) is 4. The number of morpholine rings is 1. The predicted molar refractivity (Wildman–Crippen MR) is 106 cm³/mol. The molecule has 2 atom stereocenters. The van der Waals surface area contributed by atoms with Crippen molar-refractivity contribution in [2.75, 3.05) is 19.8 Å². The quantitative estimate of drug-likeness (QED) is 0.864. The van der Waals surface area contributed by atoms with E-state index in [1.54, 1.807) is 4.90 Å². The van der Waals surface area contributed by atoms with Crippen LogP contribution < -0.4 is 0 Å². The first-order chi connectivity index (χ1) is 14.1. The lowest BCUT2D eigenvalue weighted by atomic mass is 9.85. The van der Waals surface area contributed by atoms with Gasteiger partial charge in [0, 0.05) is 5.92 Å². The summed E-state index contributed by atoms with van der Waals surface area (Å²) in [7, 11) is 0. The Morgan fingerprint density at radius 1 is 0.966 bits per heavy atom. The average Bonchev–Trinajstić information content (AvgIpc) is 3.05. The molecular weight excluding hydrogens is 370 g/mol. The molecule has 0 aromatic heterocycles. The molecule has 0 saturated carbocycles. The number of carboxylic acid groups (broad SMARTS) is 1. The van der Waals surface area contributed by atoms with Crippen LogP contribution in [0.4, 0.5) is 4.79 Å². The molecule has 2 bridgehead atoms. The lowest BCUT2D eigenvalue weighted by Gasteiger charge is -2.46. The lowest BCUT2D eigenvalue weighted by molar-refractivity contribution is -0.149. The minimum absolute atomic E-state index is 0.0130. The third-order valence-corrected chi connectivity index (χ3v) is 6.42. The molecule has 0 spiro atoms. The molecule has 1 N–H and O–H groups in total. The predicted octanol–water partition coefficient (Wildman–Crippen LogP) is 3.50. The molecule has 0 radical (unpaired) electrons. The molecule has 6 nitrogen and oxygen atoms in total. The normalized spacial score (nSPS) is 25.2. The maximum absolute atomic E-state index is 13.0. The standard InChI is InChI=1S/C23H23NO5/c25-22(26)14-9-15-11-28-12-16(10-14)24(15)23(27)29-13-21-19-7-3-1-5-17(19)18-6-2-4-8-20(18)21/h1-8,14-16,21H,9-13H2,(H,25,26). The van der Waals surface area contributed by atoms with Gasteiger partial charge in [-0.25, -0.2) is 4.79 Å². The molecule has 1 amide bonds. The number of piperidine rings is 1. The molecule has 150 valence electrons. The van der Waals surface area contributed by atoms with Crippen molar-refractivity contribution in [3.63, 3.8) is 0 Å². The zero-order valence-corrected chi connectivity index (χ0v) is 16.0. The second-order valence-electron chi connectivity index (χ2n) is 8.06. The highest BCUT2D eigenvalue weighted by Gasteiger charge is 2.44. The fraction of sp³-hybridized carbons (Fsp3) is 0.391. The average molecular weight is 393 g/mol. The van der Waals surface area contributed by atoms with E-state index in [9.17, 15) is 14.7 Å². The number of rotatable bonds is 3. The molecule has 2 fully saturated rings. The van der Waals surface area contributed by atoms with Crippen molar-refractivity contribution in [1.29, 1.82) is 0 Å². The van der Waals surface area contributed by atoms with Gasteiger partial charge in [-0.2, -0.15) is 0 Å². The van der Waals surface area contributed by atoms with Gasteiger partial charge in [-0.05, 0) is 35.1 Å². The van der Waals surface area contributed by atoms with Crippen molar-refractivity contribution in [1.82, 2.24) is 4.90 Å². The molecule has 1 aliphatic carbocycles. The molecule has 2 aliphatic heterocycles. The van der Waals surface area contributed by atoms with Crippen LogP contribution >= 0.6 is 0 Å². The molecule has 2 aromatic carbocycles. The molecule has 6 heteroatoms. The Morgan fingerprint density at radius 3 is 2.07 bits per heavy atom. The van der Waals surface area contributed by atoms with Crippen molar-refractivity contribution >= 4 is 12.1 Å². The molecule has 2 heterocycles. The highest BCUT2D eigenvalue weighted by molar-refractivity contribution is 5.79. The maximum atomic E-state index is 13.0. The molecule has 2 unspecified atom stereocenters. The first-order valence-corrected chi connectivity index (χ1v) is 10.1. The van der Waals surface area contributed by atoms with Crippen LogP contribution in [0.5, 0.6) is 0 Å². The van der Waals surface area contributed by atoms with Gasteiger partial charge in [-0.3, -0.25) is 9.69 Å². The molecule has 3 aliphatic rings. The van der Waals surface area contributed by atoms with Crippen LogP contribution in [0.15, 0.2) is 48.5 Å². The number of carbonyl (C=O) groups is 2. The molecule has 29 heavy (non-hydrogen) atoms. The van der Waals surface area contributed by atoms with Gasteiger partial charge in [0.05, 0.1) is 31.2 Å². The maximum Gasteiger partial charge on any atom is 0.410 e. The third kappa shape index (κ3) is 3.08. The van der Waals surface area contributed by atoms with Gasteiger partial charge in [0.1, 0.15) is 6.61 Å². The van der Waals surface area contributed by atoms with E-state index in [1.807, 2.05) is 24.3 Å². The third-order valence-electron chi connectivity index (χ3n) is 6.42. The first kappa shape index (κ1) is 18.2. The second kappa shape index (κ2) is 7.19. The van der Waals surface area contributed by atoms with Crippen molar-refractivity contribution in [2.24, 2.45) is 5.92 Å². The Kier molecular flexibility index (Phi) is 4.51. The number of aliphatic carboxylic acids is 1. The van der Waals surface area contributed by atoms with Crippen LogP contribution in [0.3, 0.4) is 0 Å². The van der Waals surface area contributed by atoms with Crippen LogP contribution in [0.2, 0.25) is 0 Å². The Bertz CT molecular complexity index is 898. The Hall–Kier alpha value is -2.86. The molecule has 2 saturated heterocycles. The van der Waals surface area contributed by atoms with Gasteiger partial charge in [-0.1, -0.05) is 48.5 Å². The number of nitrogens with zero attached hydrogens (tertiary/aromatic N) is 1. The number of carboxylic acids is 1. The number of carbonyl (C=O) groups excluding carboxylic acids is 1. The summed E-state index contributed by atoms with van der Waals surface area (Å²) in [5.41, 5.74) is 4.73. The van der Waals surface area contributed by atoms with Crippen molar-refractivity contribution < 1.29 is 24.2 Å². The highest BCUT2D eigenvalue weighted by Crippen LogP contribution is 2.44. The van der Waals surface area contributed by atoms with Gasteiger partial charge in [-0.15, -0.1) is 0 Å². The summed E-state index contributed by atoms with van der Waals surface area (Å²) in [4.78, 5) is 26.1. The Labute approximate surface area is 169 Å². The number of benzene rings is 2. The van der Waals surface area contributed by atoms with Gasteiger partial charge >= 0.3 is 12.1 Å². The van der Waals surface area contributed by atoms with Crippen LogP contribution in [0, 0.1) is 5.92 Å². The summed E-state index contributed by atoms with van der Waals surface area (Å²) in [6.07, 6.45) is 0.459. The van der Waals surface area contributed by atoms with Crippen LogP contribution in [0.1, 0.15) is 29.9 Å². The minimum Gasteiger partial charge on any atom is -0.481 e. The molecule has 5 rings (SSSR count). The van der Waals surface area contributed by atoms with Gasteiger partial charge in [0.25, 0.3) is 0 Å². The van der Waals surface area contributed by atoms with Gasteiger partial charge < -0.3 is 14.6 Å². The Morgan fingerprint density at radius 2 is 1.52 bits per heavy atom. The van der Waals surface area contributed by atoms with Crippen molar-refractivity contribution in [2.45, 2.75) is 30.8 Å². The molecular formula is C23H23NO5. The van der Waals surface area contributed by atoms with E-state index in [1.165, 1.54) is 22.3 Å². The fourth-order valence-corrected chi connectivity index (χ4v) is 5.08.